The Morgan fingerprint density at radius 2 is 1.70 bits per heavy atom. The van der Waals surface area contributed by atoms with Gasteiger partial charge >= 0.3 is 0 Å². The topological polar surface area (TPSA) is 77.5 Å². The van der Waals surface area contributed by atoms with Gasteiger partial charge in [0.1, 0.15) is 11.4 Å². The molecule has 0 bridgehead atoms. The normalized spacial score (nSPS) is 19.2. The maximum Gasteiger partial charge on any atom is 0.277 e. The molecule has 0 N–H and O–H groups in total. The fourth-order valence-corrected chi connectivity index (χ4v) is 3.77. The molecule has 3 rings (SSSR count). The smallest absolute Gasteiger partial charge is 0.277 e. The fourth-order valence-electron chi connectivity index (χ4n) is 3.77. The van der Waals surface area contributed by atoms with Gasteiger partial charge in [-0.25, -0.2) is 0 Å². The second kappa shape index (κ2) is 10.6. The first-order valence-electron chi connectivity index (χ1n) is 10.2. The highest BCUT2D eigenvalue weighted by Crippen LogP contribution is 2.33. The highest BCUT2D eigenvalue weighted by Gasteiger charge is 2.42. The summed E-state index contributed by atoms with van der Waals surface area (Å²) in [5.74, 6) is 0.0912. The molecule has 1 unspecified atom stereocenters. The fraction of sp³-hybridized carbons (Fsp3) is 0.545. The summed E-state index contributed by atoms with van der Waals surface area (Å²) in [6.45, 7) is 2.74. The van der Waals surface area contributed by atoms with Crippen LogP contribution in [0, 0.1) is 0 Å². The summed E-state index contributed by atoms with van der Waals surface area (Å²) in [6, 6.07) is 7.18. The molecule has 2 heterocycles. The zero-order chi connectivity index (χ0) is 21.5. The number of carbonyl (C=O) groups is 2. The lowest BCUT2D eigenvalue weighted by molar-refractivity contribution is -0.139. The van der Waals surface area contributed by atoms with Crippen LogP contribution in [0.2, 0.25) is 0 Å². The van der Waals surface area contributed by atoms with Crippen molar-refractivity contribution in [1.82, 2.24) is 9.80 Å². The standard InChI is InChI=1S/C22H30N2O6/c1-27-13-10-23(11-14-28-2)20-19(16-6-8-17(29-3)9-7-16)21(25)24(22(20)26)15-18-5-4-12-30-18/h6-9,18H,4-5,10-15H2,1-3H3. The van der Waals surface area contributed by atoms with E-state index < -0.39 is 0 Å². The van der Waals surface area contributed by atoms with Gasteiger partial charge in [0.05, 0.1) is 38.5 Å². The van der Waals surface area contributed by atoms with E-state index in [2.05, 4.69) is 0 Å². The van der Waals surface area contributed by atoms with Gasteiger partial charge in [-0.3, -0.25) is 14.5 Å². The van der Waals surface area contributed by atoms with Crippen LogP contribution in [-0.4, -0.2) is 88.5 Å². The Balaban J connectivity index is 1.98. The number of ether oxygens (including phenoxy) is 4. The lowest BCUT2D eigenvalue weighted by Gasteiger charge is -2.26. The molecule has 2 amide bonds. The van der Waals surface area contributed by atoms with Crippen molar-refractivity contribution in [3.63, 3.8) is 0 Å². The van der Waals surface area contributed by atoms with Gasteiger partial charge in [-0.05, 0) is 30.5 Å². The molecule has 0 aromatic heterocycles. The van der Waals surface area contributed by atoms with E-state index in [1.807, 2.05) is 4.90 Å². The molecule has 0 spiro atoms. The number of nitrogens with zero attached hydrogens (tertiary/aromatic N) is 2. The van der Waals surface area contributed by atoms with E-state index in [4.69, 9.17) is 18.9 Å². The van der Waals surface area contributed by atoms with Gasteiger partial charge in [0, 0.05) is 33.9 Å². The summed E-state index contributed by atoms with van der Waals surface area (Å²) in [7, 11) is 4.81. The summed E-state index contributed by atoms with van der Waals surface area (Å²) in [4.78, 5) is 30.0. The van der Waals surface area contributed by atoms with Gasteiger partial charge in [0.2, 0.25) is 0 Å². The van der Waals surface area contributed by atoms with Crippen molar-refractivity contribution >= 4 is 17.4 Å². The number of benzene rings is 1. The third-order valence-corrected chi connectivity index (χ3v) is 5.38. The first kappa shape index (κ1) is 22.3. The molecule has 1 saturated heterocycles. The molecule has 2 aliphatic heterocycles. The molecule has 1 aromatic carbocycles. The molecule has 8 nitrogen and oxygen atoms in total. The Morgan fingerprint density at radius 1 is 1.03 bits per heavy atom. The predicted molar refractivity (Wildman–Crippen MR) is 111 cm³/mol. The summed E-state index contributed by atoms with van der Waals surface area (Å²) in [5.41, 5.74) is 1.46. The Bertz CT molecular complexity index is 762. The molecule has 1 atom stereocenters. The SMILES string of the molecule is COCCN(CCOC)C1=C(c2ccc(OC)cc2)C(=O)N(CC2CCCO2)C1=O. The van der Waals surface area contributed by atoms with Crippen LogP contribution in [-0.2, 0) is 23.8 Å². The first-order chi connectivity index (χ1) is 14.6. The summed E-state index contributed by atoms with van der Waals surface area (Å²) in [6.07, 6.45) is 1.68. The largest absolute Gasteiger partial charge is 0.497 e. The van der Waals surface area contributed by atoms with Gasteiger partial charge < -0.3 is 23.8 Å². The molecule has 1 aromatic rings. The van der Waals surface area contributed by atoms with E-state index in [-0.39, 0.29) is 24.5 Å². The van der Waals surface area contributed by atoms with Crippen LogP contribution in [0.1, 0.15) is 18.4 Å². The van der Waals surface area contributed by atoms with Crippen LogP contribution in [0.3, 0.4) is 0 Å². The van der Waals surface area contributed by atoms with Crippen LogP contribution in [0.15, 0.2) is 30.0 Å². The van der Waals surface area contributed by atoms with E-state index in [0.29, 0.717) is 55.5 Å². The molecule has 30 heavy (non-hydrogen) atoms. The minimum Gasteiger partial charge on any atom is -0.497 e. The molecule has 0 radical (unpaired) electrons. The number of imide groups is 1. The van der Waals surface area contributed by atoms with Gasteiger partial charge in [0.15, 0.2) is 0 Å². The van der Waals surface area contributed by atoms with Crippen molar-refractivity contribution in [3.05, 3.63) is 35.5 Å². The van der Waals surface area contributed by atoms with E-state index in [9.17, 15) is 9.59 Å². The van der Waals surface area contributed by atoms with Crippen LogP contribution >= 0.6 is 0 Å². The number of hydrogen-bond donors (Lipinski definition) is 0. The van der Waals surface area contributed by atoms with Crippen LogP contribution in [0.4, 0.5) is 0 Å². The quantitative estimate of drug-likeness (QED) is 0.505. The average molecular weight is 418 g/mol. The van der Waals surface area contributed by atoms with Gasteiger partial charge in [-0.1, -0.05) is 12.1 Å². The van der Waals surface area contributed by atoms with Crippen LogP contribution in [0.25, 0.3) is 5.57 Å². The minimum atomic E-state index is -0.298. The third kappa shape index (κ3) is 4.83. The van der Waals surface area contributed by atoms with Gasteiger partial charge in [0.25, 0.3) is 11.8 Å². The summed E-state index contributed by atoms with van der Waals surface area (Å²) in [5, 5.41) is 0. The molecule has 164 valence electrons. The van der Waals surface area contributed by atoms with E-state index in [0.717, 1.165) is 12.8 Å². The zero-order valence-corrected chi connectivity index (χ0v) is 17.9. The maximum atomic E-state index is 13.4. The highest BCUT2D eigenvalue weighted by molar-refractivity contribution is 6.35. The van der Waals surface area contributed by atoms with E-state index in [1.165, 1.54) is 4.90 Å². The predicted octanol–water partition coefficient (Wildman–Crippen LogP) is 1.55. The monoisotopic (exact) mass is 418 g/mol. The van der Waals surface area contributed by atoms with Crippen molar-refractivity contribution in [2.45, 2.75) is 18.9 Å². The van der Waals surface area contributed by atoms with Crippen molar-refractivity contribution in [2.24, 2.45) is 0 Å². The number of amides is 2. The van der Waals surface area contributed by atoms with Gasteiger partial charge in [-0.2, -0.15) is 0 Å². The zero-order valence-electron chi connectivity index (χ0n) is 17.9. The van der Waals surface area contributed by atoms with Crippen molar-refractivity contribution in [1.29, 1.82) is 0 Å². The lowest BCUT2D eigenvalue weighted by atomic mass is 10.0. The second-order valence-corrected chi connectivity index (χ2v) is 7.28. The Hall–Kier alpha value is -2.42. The molecule has 2 aliphatic rings. The Labute approximate surface area is 177 Å². The van der Waals surface area contributed by atoms with Crippen molar-refractivity contribution in [3.8, 4) is 5.75 Å². The molecular formula is C22H30N2O6. The van der Waals surface area contributed by atoms with Crippen molar-refractivity contribution in [2.75, 3.05) is 60.8 Å². The average Bonchev–Trinajstić information content (AvgIpc) is 3.36. The van der Waals surface area contributed by atoms with E-state index >= 15 is 0 Å². The maximum absolute atomic E-state index is 13.4. The molecule has 0 saturated carbocycles. The number of hydrogen-bond acceptors (Lipinski definition) is 7. The van der Waals surface area contributed by atoms with Gasteiger partial charge in [-0.15, -0.1) is 0 Å². The minimum absolute atomic E-state index is 0.110. The first-order valence-corrected chi connectivity index (χ1v) is 10.2. The summed E-state index contributed by atoms with van der Waals surface area (Å²) < 4.78 is 21.4. The molecule has 1 fully saturated rings. The van der Waals surface area contributed by atoms with Crippen LogP contribution < -0.4 is 4.74 Å². The third-order valence-electron chi connectivity index (χ3n) is 5.38. The van der Waals surface area contributed by atoms with Crippen LogP contribution in [0.5, 0.6) is 5.75 Å². The van der Waals surface area contributed by atoms with E-state index in [1.54, 1.807) is 45.6 Å². The Kier molecular flexibility index (Phi) is 7.84. The second-order valence-electron chi connectivity index (χ2n) is 7.28. The Morgan fingerprint density at radius 3 is 2.23 bits per heavy atom. The molecule has 8 heteroatoms. The number of carbonyl (C=O) groups excluding carboxylic acids is 2. The molecule has 0 aliphatic carbocycles. The number of methoxy groups -OCH3 is 3. The highest BCUT2D eigenvalue weighted by atomic mass is 16.5. The number of rotatable bonds is 11. The molecular weight excluding hydrogens is 388 g/mol. The lowest BCUT2D eigenvalue weighted by Crippen LogP contribution is -2.41. The van der Waals surface area contributed by atoms with Crippen molar-refractivity contribution < 1.29 is 28.5 Å². The summed E-state index contributed by atoms with van der Waals surface area (Å²) >= 11 is 0.